The van der Waals surface area contributed by atoms with Crippen molar-refractivity contribution in [3.63, 3.8) is 0 Å². The fourth-order valence-electron chi connectivity index (χ4n) is 2.49. The van der Waals surface area contributed by atoms with Crippen molar-refractivity contribution in [1.82, 2.24) is 4.90 Å². The zero-order valence-electron chi connectivity index (χ0n) is 8.63. The van der Waals surface area contributed by atoms with Gasteiger partial charge < -0.3 is 10.2 Å². The molecular weight excluding hydrogens is 214 g/mol. The van der Waals surface area contributed by atoms with Crippen LogP contribution in [0.2, 0.25) is 0 Å². The van der Waals surface area contributed by atoms with Crippen molar-refractivity contribution in [3.8, 4) is 0 Å². The third kappa shape index (κ3) is 1.59. The number of amides is 2. The maximum absolute atomic E-state index is 11.8. The van der Waals surface area contributed by atoms with Crippen LogP contribution in [0.1, 0.15) is 19.3 Å². The summed E-state index contributed by atoms with van der Waals surface area (Å²) >= 11 is 0. The second-order valence-electron chi connectivity index (χ2n) is 4.29. The van der Waals surface area contributed by atoms with Crippen LogP contribution in [0.25, 0.3) is 0 Å². The van der Waals surface area contributed by atoms with Crippen LogP contribution in [0.5, 0.6) is 0 Å². The predicted octanol–water partition coefficient (Wildman–Crippen LogP) is -0.783. The molecular formula is C10H13NO5. The molecule has 1 aliphatic carbocycles. The first-order chi connectivity index (χ1) is 7.52. The van der Waals surface area contributed by atoms with Crippen molar-refractivity contribution in [1.29, 1.82) is 0 Å². The van der Waals surface area contributed by atoms with Crippen LogP contribution < -0.4 is 0 Å². The highest BCUT2D eigenvalue weighted by atomic mass is 16.4. The summed E-state index contributed by atoms with van der Waals surface area (Å²) in [6, 6.07) is 0. The molecule has 0 bridgehead atoms. The number of aliphatic carboxylic acids is 1. The van der Waals surface area contributed by atoms with Crippen molar-refractivity contribution in [2.24, 2.45) is 11.8 Å². The van der Waals surface area contributed by atoms with Crippen LogP contribution in [-0.4, -0.2) is 45.5 Å². The maximum Gasteiger partial charge on any atom is 0.334 e. The third-order valence-corrected chi connectivity index (χ3v) is 3.32. The average molecular weight is 227 g/mol. The topological polar surface area (TPSA) is 94.9 Å². The van der Waals surface area contributed by atoms with Crippen LogP contribution in [0, 0.1) is 11.8 Å². The minimum absolute atomic E-state index is 0.284. The molecule has 2 aliphatic rings. The lowest BCUT2D eigenvalue weighted by molar-refractivity contribution is -0.150. The van der Waals surface area contributed by atoms with E-state index in [1.807, 2.05) is 0 Å². The highest BCUT2D eigenvalue weighted by molar-refractivity contribution is 6.05. The molecule has 0 aromatic heterocycles. The number of aliphatic hydroxyl groups excluding tert-OH is 1. The van der Waals surface area contributed by atoms with Crippen molar-refractivity contribution < 1.29 is 24.6 Å². The Kier molecular flexibility index (Phi) is 2.67. The smallest absolute Gasteiger partial charge is 0.334 e. The van der Waals surface area contributed by atoms with E-state index in [-0.39, 0.29) is 23.7 Å². The number of carboxylic acids is 1. The molecule has 2 amide bonds. The number of β-amino-alcohol motifs (C(OH)–C–C–N with tert-alkyl or cyclic N) is 1. The zero-order valence-corrected chi connectivity index (χ0v) is 8.63. The lowest BCUT2D eigenvalue weighted by Crippen LogP contribution is -2.41. The van der Waals surface area contributed by atoms with Gasteiger partial charge in [-0.2, -0.15) is 0 Å². The van der Waals surface area contributed by atoms with Gasteiger partial charge in [0.1, 0.15) is 0 Å². The Morgan fingerprint density at radius 2 is 1.81 bits per heavy atom. The number of hydrogen-bond donors (Lipinski definition) is 2. The number of nitrogens with zero attached hydrogens (tertiary/aromatic N) is 1. The summed E-state index contributed by atoms with van der Waals surface area (Å²) in [5.74, 6) is -2.64. The van der Waals surface area contributed by atoms with E-state index in [9.17, 15) is 14.4 Å². The second-order valence-corrected chi connectivity index (χ2v) is 4.29. The molecule has 3 unspecified atom stereocenters. The van der Waals surface area contributed by atoms with E-state index in [0.717, 1.165) is 11.3 Å². The Morgan fingerprint density at radius 3 is 2.25 bits per heavy atom. The summed E-state index contributed by atoms with van der Waals surface area (Å²) < 4.78 is 0. The van der Waals surface area contributed by atoms with Gasteiger partial charge in [-0.15, -0.1) is 0 Å². The molecule has 2 N–H and O–H groups in total. The van der Waals surface area contributed by atoms with Gasteiger partial charge in [0.25, 0.3) is 0 Å². The van der Waals surface area contributed by atoms with Crippen molar-refractivity contribution in [2.75, 3.05) is 6.54 Å². The van der Waals surface area contributed by atoms with Gasteiger partial charge in [-0.1, -0.05) is 6.42 Å². The first-order valence-electron chi connectivity index (χ1n) is 5.28. The van der Waals surface area contributed by atoms with E-state index in [1.54, 1.807) is 0 Å². The standard InChI is InChI=1S/C10H13NO5/c12-7(10(15)16)4-11-8(13)5-2-1-3-6(5)9(11)14/h5-7,12H,1-4H2,(H,15,16). The van der Waals surface area contributed by atoms with E-state index in [2.05, 4.69) is 0 Å². The molecule has 0 aromatic carbocycles. The molecule has 16 heavy (non-hydrogen) atoms. The molecule has 0 radical (unpaired) electrons. The fourth-order valence-corrected chi connectivity index (χ4v) is 2.49. The lowest BCUT2D eigenvalue weighted by Gasteiger charge is -2.17. The molecule has 1 heterocycles. The van der Waals surface area contributed by atoms with E-state index < -0.39 is 18.6 Å². The van der Waals surface area contributed by atoms with Gasteiger partial charge in [0.2, 0.25) is 11.8 Å². The number of imide groups is 1. The van der Waals surface area contributed by atoms with Gasteiger partial charge in [-0.05, 0) is 12.8 Å². The van der Waals surface area contributed by atoms with Crippen molar-refractivity contribution in [2.45, 2.75) is 25.4 Å². The number of hydrogen-bond acceptors (Lipinski definition) is 4. The van der Waals surface area contributed by atoms with E-state index in [1.165, 1.54) is 0 Å². The maximum atomic E-state index is 11.8. The lowest BCUT2D eigenvalue weighted by atomic mass is 10.00. The fraction of sp³-hybridized carbons (Fsp3) is 0.700. The molecule has 2 fully saturated rings. The Hall–Kier alpha value is -1.43. The first-order valence-corrected chi connectivity index (χ1v) is 5.28. The molecule has 2 rings (SSSR count). The van der Waals surface area contributed by atoms with Crippen LogP contribution in [-0.2, 0) is 14.4 Å². The molecule has 6 heteroatoms. The van der Waals surface area contributed by atoms with Crippen molar-refractivity contribution in [3.05, 3.63) is 0 Å². The number of fused-ring (bicyclic) bond motifs is 1. The normalized spacial score (nSPS) is 30.7. The molecule has 1 aliphatic heterocycles. The van der Waals surface area contributed by atoms with Gasteiger partial charge >= 0.3 is 5.97 Å². The van der Waals surface area contributed by atoms with Gasteiger partial charge in [0, 0.05) is 0 Å². The molecule has 88 valence electrons. The number of rotatable bonds is 3. The SMILES string of the molecule is O=C(O)C(O)CN1C(=O)C2CCCC2C1=O. The van der Waals surface area contributed by atoms with E-state index in [0.29, 0.717) is 12.8 Å². The van der Waals surface area contributed by atoms with Crippen LogP contribution >= 0.6 is 0 Å². The quantitative estimate of drug-likeness (QED) is 0.616. The first kappa shape index (κ1) is 11.1. The van der Waals surface area contributed by atoms with E-state index >= 15 is 0 Å². The minimum atomic E-state index is -1.69. The average Bonchev–Trinajstić information content (AvgIpc) is 2.78. The van der Waals surface area contributed by atoms with Crippen LogP contribution in [0.3, 0.4) is 0 Å². The Morgan fingerprint density at radius 1 is 1.31 bits per heavy atom. The number of aliphatic hydroxyl groups is 1. The van der Waals surface area contributed by atoms with Crippen molar-refractivity contribution >= 4 is 17.8 Å². The predicted molar refractivity (Wildman–Crippen MR) is 51.2 cm³/mol. The molecule has 6 nitrogen and oxygen atoms in total. The molecule has 1 saturated heterocycles. The summed E-state index contributed by atoms with van der Waals surface area (Å²) in [5.41, 5.74) is 0. The second kappa shape index (κ2) is 3.86. The number of carboxylic acid groups (broad SMARTS) is 1. The largest absolute Gasteiger partial charge is 0.479 e. The summed E-state index contributed by atoms with van der Waals surface area (Å²) in [4.78, 5) is 34.9. The highest BCUT2D eigenvalue weighted by Gasteiger charge is 2.50. The number of carbonyl (C=O) groups is 3. The van der Waals surface area contributed by atoms with E-state index in [4.69, 9.17) is 10.2 Å². The van der Waals surface area contributed by atoms with Gasteiger partial charge in [-0.3, -0.25) is 14.5 Å². The summed E-state index contributed by atoms with van der Waals surface area (Å²) in [6.45, 7) is -0.431. The zero-order chi connectivity index (χ0) is 11.9. The minimum Gasteiger partial charge on any atom is -0.479 e. The molecule has 0 aromatic rings. The highest BCUT2D eigenvalue weighted by Crippen LogP contribution is 2.39. The summed E-state index contributed by atoms with van der Waals surface area (Å²) in [5, 5.41) is 17.7. The van der Waals surface area contributed by atoms with Gasteiger partial charge in [-0.25, -0.2) is 4.79 Å². The molecule has 1 saturated carbocycles. The Balaban J connectivity index is 2.09. The Labute approximate surface area is 91.8 Å². The van der Waals surface area contributed by atoms with Crippen LogP contribution in [0.4, 0.5) is 0 Å². The van der Waals surface area contributed by atoms with Crippen LogP contribution in [0.15, 0.2) is 0 Å². The summed E-state index contributed by atoms with van der Waals surface area (Å²) in [7, 11) is 0. The van der Waals surface area contributed by atoms with Gasteiger partial charge in [0.15, 0.2) is 6.10 Å². The summed E-state index contributed by atoms with van der Waals surface area (Å²) in [6.07, 6.45) is 0.554. The molecule has 0 spiro atoms. The third-order valence-electron chi connectivity index (χ3n) is 3.32. The molecule has 3 atom stereocenters. The monoisotopic (exact) mass is 227 g/mol. The Bertz CT molecular complexity index is 331. The number of likely N-dealkylation sites (tertiary alicyclic amines) is 1. The number of carbonyl (C=O) groups excluding carboxylic acids is 2. The van der Waals surface area contributed by atoms with Gasteiger partial charge in [0.05, 0.1) is 18.4 Å².